The molecular formula is C66H48N2Si. The van der Waals surface area contributed by atoms with Gasteiger partial charge in [-0.15, -0.1) is 0 Å². The summed E-state index contributed by atoms with van der Waals surface area (Å²) in [4.78, 5) is 2.39. The number of anilines is 3. The zero-order valence-corrected chi connectivity index (χ0v) is 39.1. The van der Waals surface area contributed by atoms with E-state index < -0.39 is 8.07 Å². The van der Waals surface area contributed by atoms with Gasteiger partial charge < -0.3 is 9.47 Å². The summed E-state index contributed by atoms with van der Waals surface area (Å²) >= 11 is 0. The van der Waals surface area contributed by atoms with E-state index in [-0.39, 0.29) is 0 Å². The third kappa shape index (κ3) is 7.65. The van der Waals surface area contributed by atoms with Gasteiger partial charge in [-0.1, -0.05) is 231 Å². The summed E-state index contributed by atoms with van der Waals surface area (Å²) in [5, 5.41) is 7.95. The summed E-state index contributed by atoms with van der Waals surface area (Å²) in [7, 11) is -2.70. The first-order chi connectivity index (χ1) is 34.2. The highest BCUT2D eigenvalue weighted by atomic mass is 28.3. The monoisotopic (exact) mass is 896 g/mol. The SMILES string of the molecule is c1ccc(-c2ccc(-c3ccc(N(c4ccc(-c5ccc(-n6c7ccccc7c7ccccc76)cc5)cc4)c4ccc([Si](c5ccccc5)(c5ccccc5)c5ccccc5)cc4)cc3)cc2)cc1. The van der Waals surface area contributed by atoms with Crippen LogP contribution in [-0.2, 0) is 0 Å². The Labute approximate surface area is 405 Å². The molecule has 0 radical (unpaired) electrons. The molecule has 0 unspecified atom stereocenters. The van der Waals surface area contributed by atoms with Crippen LogP contribution in [0.25, 0.3) is 60.9 Å². The van der Waals surface area contributed by atoms with E-state index in [4.69, 9.17) is 0 Å². The predicted octanol–water partition coefficient (Wildman–Crippen LogP) is 14.6. The van der Waals surface area contributed by atoms with Crippen LogP contribution in [0.2, 0.25) is 0 Å². The van der Waals surface area contributed by atoms with Crippen LogP contribution in [0.15, 0.2) is 291 Å². The highest BCUT2D eigenvalue weighted by Gasteiger charge is 2.41. The van der Waals surface area contributed by atoms with Crippen LogP contribution in [0.4, 0.5) is 17.1 Å². The fourth-order valence-corrected chi connectivity index (χ4v) is 15.2. The van der Waals surface area contributed by atoms with E-state index in [0.29, 0.717) is 0 Å². The summed E-state index contributed by atoms with van der Waals surface area (Å²) in [5.41, 5.74) is 14.0. The van der Waals surface area contributed by atoms with Gasteiger partial charge in [0, 0.05) is 33.5 Å². The molecule has 0 atom stereocenters. The van der Waals surface area contributed by atoms with Crippen molar-refractivity contribution in [1.82, 2.24) is 4.57 Å². The maximum absolute atomic E-state index is 2.70. The number of para-hydroxylation sites is 2. The first kappa shape index (κ1) is 41.7. The van der Waals surface area contributed by atoms with Gasteiger partial charge in [-0.25, -0.2) is 0 Å². The molecule has 0 spiro atoms. The predicted molar refractivity (Wildman–Crippen MR) is 295 cm³/mol. The van der Waals surface area contributed by atoms with Crippen molar-refractivity contribution in [3.63, 3.8) is 0 Å². The van der Waals surface area contributed by atoms with Crippen LogP contribution in [-0.4, -0.2) is 12.6 Å². The Kier molecular flexibility index (Phi) is 11.0. The van der Waals surface area contributed by atoms with E-state index in [1.54, 1.807) is 0 Å². The minimum Gasteiger partial charge on any atom is -0.311 e. The second-order valence-electron chi connectivity index (χ2n) is 17.7. The van der Waals surface area contributed by atoms with Crippen LogP contribution >= 0.6 is 0 Å². The molecule has 0 saturated heterocycles. The highest BCUT2D eigenvalue weighted by Crippen LogP contribution is 2.38. The fraction of sp³-hybridized carbons (Fsp3) is 0. The van der Waals surface area contributed by atoms with Crippen molar-refractivity contribution in [2.75, 3.05) is 4.90 Å². The number of hydrogen-bond donors (Lipinski definition) is 0. The van der Waals surface area contributed by atoms with Gasteiger partial charge >= 0.3 is 0 Å². The lowest BCUT2D eigenvalue weighted by Gasteiger charge is -2.35. The van der Waals surface area contributed by atoms with Crippen LogP contribution in [0.1, 0.15) is 0 Å². The van der Waals surface area contributed by atoms with Gasteiger partial charge in [0.2, 0.25) is 0 Å². The Bertz CT molecular complexity index is 3500. The third-order valence-electron chi connectivity index (χ3n) is 13.8. The second-order valence-corrected chi connectivity index (χ2v) is 21.5. The molecule has 69 heavy (non-hydrogen) atoms. The molecule has 0 aliphatic rings. The summed E-state index contributed by atoms with van der Waals surface area (Å²) < 4.78 is 2.37. The summed E-state index contributed by atoms with van der Waals surface area (Å²) in [5.74, 6) is 0. The van der Waals surface area contributed by atoms with Crippen LogP contribution in [0.3, 0.4) is 0 Å². The van der Waals surface area contributed by atoms with E-state index in [1.165, 1.54) is 75.9 Å². The lowest BCUT2D eigenvalue weighted by atomic mass is 10.00. The minimum absolute atomic E-state index is 1.09. The van der Waals surface area contributed by atoms with E-state index >= 15 is 0 Å². The largest absolute Gasteiger partial charge is 0.311 e. The molecule has 0 fully saturated rings. The molecule has 0 N–H and O–H groups in total. The Hall–Kier alpha value is -8.76. The molecule has 0 amide bonds. The van der Waals surface area contributed by atoms with Gasteiger partial charge in [0.1, 0.15) is 0 Å². The summed E-state index contributed by atoms with van der Waals surface area (Å²) in [6.45, 7) is 0. The average Bonchev–Trinajstić information content (AvgIpc) is 3.78. The molecule has 0 bridgehead atoms. The second kappa shape index (κ2) is 18.1. The molecule has 2 nitrogen and oxygen atoms in total. The van der Waals surface area contributed by atoms with E-state index in [0.717, 1.165) is 22.7 Å². The molecule has 0 aliphatic carbocycles. The normalized spacial score (nSPS) is 11.5. The summed E-state index contributed by atoms with van der Waals surface area (Å²) in [6.07, 6.45) is 0. The van der Waals surface area contributed by atoms with Crippen molar-refractivity contribution in [3.8, 4) is 39.1 Å². The molecule has 12 aromatic rings. The minimum atomic E-state index is -2.70. The van der Waals surface area contributed by atoms with Crippen molar-refractivity contribution >= 4 is 67.7 Å². The standard InChI is InChI=1S/C66H48N2Si/c1-5-17-49(18-6-1)50-29-31-51(32-30-50)52-33-39-55(40-34-52)67(57-45-47-62(48-46-57)69(59-19-7-2-8-20-59,60-21-9-3-10-22-60)61-23-11-4-12-24-61)56-41-35-53(36-42-56)54-37-43-58(44-38-54)68-65-27-15-13-25-63(65)64-26-14-16-28-66(64)68/h1-48H. The molecule has 0 saturated carbocycles. The van der Waals surface area contributed by atoms with Gasteiger partial charge in [-0.2, -0.15) is 0 Å². The van der Waals surface area contributed by atoms with Gasteiger partial charge in [0.05, 0.1) is 11.0 Å². The van der Waals surface area contributed by atoms with Crippen LogP contribution < -0.4 is 25.6 Å². The third-order valence-corrected chi connectivity index (χ3v) is 18.6. The lowest BCUT2D eigenvalue weighted by molar-refractivity contribution is 1.18. The zero-order chi connectivity index (χ0) is 46.0. The smallest absolute Gasteiger partial charge is 0.179 e. The van der Waals surface area contributed by atoms with Gasteiger partial charge in [-0.3, -0.25) is 0 Å². The summed E-state index contributed by atoms with van der Waals surface area (Å²) in [6, 6.07) is 107. The maximum atomic E-state index is 2.39. The van der Waals surface area contributed by atoms with Gasteiger partial charge in [0.15, 0.2) is 8.07 Å². The molecule has 1 heterocycles. The molecule has 0 aliphatic heterocycles. The van der Waals surface area contributed by atoms with E-state index in [1.807, 2.05) is 0 Å². The Morgan fingerprint density at radius 1 is 0.232 bits per heavy atom. The first-order valence-corrected chi connectivity index (χ1v) is 25.7. The van der Waals surface area contributed by atoms with Crippen LogP contribution in [0.5, 0.6) is 0 Å². The number of hydrogen-bond acceptors (Lipinski definition) is 1. The van der Waals surface area contributed by atoms with Crippen molar-refractivity contribution in [2.24, 2.45) is 0 Å². The quantitative estimate of drug-likeness (QED) is 0.0928. The fourth-order valence-electron chi connectivity index (χ4n) is 10.5. The molecule has 11 aromatic carbocycles. The number of benzene rings is 11. The molecular weight excluding hydrogens is 849 g/mol. The lowest BCUT2D eigenvalue weighted by Crippen LogP contribution is -2.74. The molecule has 12 rings (SSSR count). The Morgan fingerprint density at radius 3 is 0.899 bits per heavy atom. The maximum Gasteiger partial charge on any atom is 0.179 e. The number of nitrogens with zero attached hydrogens (tertiary/aromatic N) is 2. The van der Waals surface area contributed by atoms with Crippen LogP contribution in [0, 0.1) is 0 Å². The molecule has 1 aromatic heterocycles. The zero-order valence-electron chi connectivity index (χ0n) is 38.1. The van der Waals surface area contributed by atoms with Crippen molar-refractivity contribution in [2.45, 2.75) is 0 Å². The Morgan fingerprint density at radius 2 is 0.507 bits per heavy atom. The highest BCUT2D eigenvalue weighted by molar-refractivity contribution is 7.19. The van der Waals surface area contributed by atoms with E-state index in [9.17, 15) is 0 Å². The molecule has 3 heteroatoms. The van der Waals surface area contributed by atoms with Gasteiger partial charge in [0.25, 0.3) is 0 Å². The average molecular weight is 897 g/mol. The Balaban J connectivity index is 0.926. The van der Waals surface area contributed by atoms with Crippen molar-refractivity contribution in [1.29, 1.82) is 0 Å². The topological polar surface area (TPSA) is 8.17 Å². The molecule has 326 valence electrons. The van der Waals surface area contributed by atoms with Gasteiger partial charge in [-0.05, 0) is 115 Å². The number of rotatable bonds is 11. The number of fused-ring (bicyclic) bond motifs is 3. The number of aromatic nitrogens is 1. The van der Waals surface area contributed by atoms with Crippen molar-refractivity contribution < 1.29 is 0 Å². The van der Waals surface area contributed by atoms with E-state index in [2.05, 4.69) is 301 Å². The van der Waals surface area contributed by atoms with Crippen molar-refractivity contribution in [3.05, 3.63) is 291 Å². The first-order valence-electron chi connectivity index (χ1n) is 23.7.